The third-order valence-electron chi connectivity index (χ3n) is 4.56. The van der Waals surface area contributed by atoms with Crippen LogP contribution in [-0.2, 0) is 9.59 Å². The number of nitrogens with two attached hydrogens (primary N) is 1. The Morgan fingerprint density at radius 1 is 1.19 bits per heavy atom. The zero-order valence-corrected chi connectivity index (χ0v) is 15.9. The van der Waals surface area contributed by atoms with Gasteiger partial charge in [-0.15, -0.1) is 12.4 Å². The minimum absolute atomic E-state index is 0. The van der Waals surface area contributed by atoms with Crippen LogP contribution in [0.3, 0.4) is 0 Å². The topological polar surface area (TPSA) is 66.6 Å². The smallest absolute Gasteiger partial charge is 0.249 e. The van der Waals surface area contributed by atoms with Crippen molar-refractivity contribution in [3.8, 4) is 0 Å². The van der Waals surface area contributed by atoms with Crippen LogP contribution in [0, 0.1) is 0 Å². The van der Waals surface area contributed by atoms with Gasteiger partial charge in [0.1, 0.15) is 12.1 Å². The summed E-state index contributed by atoms with van der Waals surface area (Å²) in [7, 11) is 1.63. The number of anilines is 1. The Hall–Kier alpha value is -2.08. The molecule has 26 heavy (non-hydrogen) atoms. The van der Waals surface area contributed by atoms with Crippen molar-refractivity contribution in [1.82, 2.24) is 4.90 Å². The second-order valence-corrected chi connectivity index (χ2v) is 6.49. The third-order valence-corrected chi connectivity index (χ3v) is 4.88. The van der Waals surface area contributed by atoms with Crippen LogP contribution in [0.2, 0.25) is 5.02 Å². The summed E-state index contributed by atoms with van der Waals surface area (Å²) < 4.78 is 0. The predicted molar refractivity (Wildman–Crippen MR) is 106 cm³/mol. The molecule has 2 aromatic carbocycles. The SMILES string of the molecule is CN(C(=O)C(N)c1ccccc1)C1CCN(c2ccccc2Cl)C1=O.Cl. The summed E-state index contributed by atoms with van der Waals surface area (Å²) >= 11 is 6.20. The monoisotopic (exact) mass is 393 g/mol. The van der Waals surface area contributed by atoms with Crippen LogP contribution in [0.25, 0.3) is 0 Å². The molecule has 1 fully saturated rings. The molecule has 0 aliphatic carbocycles. The lowest BCUT2D eigenvalue weighted by atomic mass is 10.1. The number of halogens is 2. The first-order chi connectivity index (χ1) is 12.0. The average molecular weight is 394 g/mol. The highest BCUT2D eigenvalue weighted by Crippen LogP contribution is 2.30. The Kier molecular flexibility index (Phi) is 6.64. The van der Waals surface area contributed by atoms with E-state index in [1.807, 2.05) is 42.5 Å². The molecule has 2 amide bonds. The lowest BCUT2D eigenvalue weighted by Gasteiger charge is -2.27. The van der Waals surface area contributed by atoms with Crippen LogP contribution < -0.4 is 10.6 Å². The summed E-state index contributed by atoms with van der Waals surface area (Å²) in [5.74, 6) is -0.408. The number of rotatable bonds is 4. The molecule has 1 aliphatic rings. The molecule has 1 aliphatic heterocycles. The van der Waals surface area contributed by atoms with Crippen LogP contribution in [0.15, 0.2) is 54.6 Å². The van der Waals surface area contributed by atoms with E-state index in [0.29, 0.717) is 23.7 Å². The maximum absolute atomic E-state index is 12.8. The second-order valence-electron chi connectivity index (χ2n) is 6.08. The normalized spacial score (nSPS) is 17.6. The average Bonchev–Trinajstić information content (AvgIpc) is 3.02. The lowest BCUT2D eigenvalue weighted by molar-refractivity contribution is -0.137. The van der Waals surface area contributed by atoms with E-state index in [1.54, 1.807) is 24.1 Å². The van der Waals surface area contributed by atoms with E-state index in [-0.39, 0.29) is 24.2 Å². The minimum atomic E-state index is -0.784. The molecular weight excluding hydrogens is 373 g/mol. The van der Waals surface area contributed by atoms with Gasteiger partial charge in [-0.25, -0.2) is 0 Å². The number of hydrogen-bond donors (Lipinski definition) is 1. The van der Waals surface area contributed by atoms with Gasteiger partial charge in [-0.05, 0) is 24.1 Å². The molecule has 0 bridgehead atoms. The quantitative estimate of drug-likeness (QED) is 0.867. The van der Waals surface area contributed by atoms with Crippen molar-refractivity contribution in [2.45, 2.75) is 18.5 Å². The molecule has 0 aromatic heterocycles. The molecule has 138 valence electrons. The Bertz CT molecular complexity index is 785. The molecule has 1 heterocycles. The van der Waals surface area contributed by atoms with Crippen LogP contribution in [0.5, 0.6) is 0 Å². The molecule has 7 heteroatoms. The van der Waals surface area contributed by atoms with E-state index >= 15 is 0 Å². The number of likely N-dealkylation sites (N-methyl/N-ethyl adjacent to an activating group) is 1. The highest BCUT2D eigenvalue weighted by atomic mass is 35.5. The van der Waals surface area contributed by atoms with E-state index in [0.717, 1.165) is 5.56 Å². The summed E-state index contributed by atoms with van der Waals surface area (Å²) in [6, 6.07) is 15.0. The predicted octanol–water partition coefficient (Wildman–Crippen LogP) is 3.03. The van der Waals surface area contributed by atoms with Gasteiger partial charge >= 0.3 is 0 Å². The summed E-state index contributed by atoms with van der Waals surface area (Å²) in [4.78, 5) is 28.6. The minimum Gasteiger partial charge on any atom is -0.332 e. The number of hydrogen-bond acceptors (Lipinski definition) is 3. The number of benzene rings is 2. The number of carbonyl (C=O) groups is 2. The molecule has 5 nitrogen and oxygen atoms in total. The van der Waals surface area contributed by atoms with E-state index in [4.69, 9.17) is 17.3 Å². The van der Waals surface area contributed by atoms with Crippen molar-refractivity contribution in [3.63, 3.8) is 0 Å². The van der Waals surface area contributed by atoms with E-state index in [9.17, 15) is 9.59 Å². The van der Waals surface area contributed by atoms with Gasteiger partial charge in [0.25, 0.3) is 0 Å². The zero-order valence-electron chi connectivity index (χ0n) is 14.3. The van der Waals surface area contributed by atoms with Crippen LogP contribution in [0.4, 0.5) is 5.69 Å². The van der Waals surface area contributed by atoms with Crippen LogP contribution in [-0.4, -0.2) is 36.3 Å². The molecule has 2 N–H and O–H groups in total. The maximum Gasteiger partial charge on any atom is 0.249 e. The largest absolute Gasteiger partial charge is 0.332 e. The van der Waals surface area contributed by atoms with Gasteiger partial charge in [0, 0.05) is 13.6 Å². The summed E-state index contributed by atoms with van der Waals surface area (Å²) in [6.45, 7) is 0.519. The van der Waals surface area contributed by atoms with Crippen molar-refractivity contribution in [3.05, 3.63) is 65.2 Å². The summed E-state index contributed by atoms with van der Waals surface area (Å²) in [6.07, 6.45) is 0.549. The van der Waals surface area contributed by atoms with Gasteiger partial charge in [0.15, 0.2) is 0 Å². The molecule has 2 atom stereocenters. The number of nitrogens with zero attached hydrogens (tertiary/aromatic N) is 2. The molecule has 2 aromatic rings. The number of carbonyl (C=O) groups excluding carboxylic acids is 2. The first kappa shape index (κ1) is 20.2. The Balaban J connectivity index is 0.00000243. The van der Waals surface area contributed by atoms with Crippen LogP contribution in [0.1, 0.15) is 18.0 Å². The number of amides is 2. The molecule has 1 saturated heterocycles. The second kappa shape index (κ2) is 8.54. The maximum atomic E-state index is 12.8. The Morgan fingerprint density at radius 2 is 1.81 bits per heavy atom. The van der Waals surface area contributed by atoms with Gasteiger partial charge in [-0.3, -0.25) is 9.59 Å². The summed E-state index contributed by atoms with van der Waals surface area (Å²) in [5.41, 5.74) is 7.49. The van der Waals surface area contributed by atoms with Crippen LogP contribution >= 0.6 is 24.0 Å². The van der Waals surface area contributed by atoms with Crippen molar-refractivity contribution in [2.75, 3.05) is 18.5 Å². The van der Waals surface area contributed by atoms with Crippen molar-refractivity contribution >= 4 is 41.5 Å². The fourth-order valence-corrected chi connectivity index (χ4v) is 3.35. The van der Waals surface area contributed by atoms with E-state index in [1.165, 1.54) is 4.90 Å². The molecule has 0 saturated carbocycles. The molecule has 0 spiro atoms. The van der Waals surface area contributed by atoms with Crippen molar-refractivity contribution < 1.29 is 9.59 Å². The zero-order chi connectivity index (χ0) is 18.0. The van der Waals surface area contributed by atoms with Crippen molar-refractivity contribution in [1.29, 1.82) is 0 Å². The standard InChI is InChI=1S/C19H20ClN3O2.ClH/c1-22(19(25)17(21)13-7-3-2-4-8-13)16-11-12-23(18(16)24)15-10-6-5-9-14(15)20;/h2-10,16-17H,11-12,21H2,1H3;1H. The van der Waals surface area contributed by atoms with Gasteiger partial charge < -0.3 is 15.5 Å². The first-order valence-corrected chi connectivity index (χ1v) is 8.51. The first-order valence-electron chi connectivity index (χ1n) is 8.14. The third kappa shape index (κ3) is 3.85. The molecule has 3 rings (SSSR count). The van der Waals surface area contributed by atoms with Gasteiger partial charge in [0.05, 0.1) is 10.7 Å². The highest BCUT2D eigenvalue weighted by molar-refractivity contribution is 6.34. The van der Waals surface area contributed by atoms with Crippen molar-refractivity contribution in [2.24, 2.45) is 5.73 Å². The number of para-hydroxylation sites is 1. The fourth-order valence-electron chi connectivity index (χ4n) is 3.11. The fraction of sp³-hybridized carbons (Fsp3) is 0.263. The Morgan fingerprint density at radius 3 is 2.46 bits per heavy atom. The van der Waals surface area contributed by atoms with E-state index < -0.39 is 12.1 Å². The highest BCUT2D eigenvalue weighted by Gasteiger charge is 2.39. The van der Waals surface area contributed by atoms with Gasteiger partial charge in [-0.2, -0.15) is 0 Å². The molecular formula is C19H21Cl2N3O2. The molecule has 0 radical (unpaired) electrons. The lowest BCUT2D eigenvalue weighted by Crippen LogP contribution is -2.46. The van der Waals surface area contributed by atoms with E-state index in [2.05, 4.69) is 0 Å². The summed E-state index contributed by atoms with van der Waals surface area (Å²) in [5, 5.41) is 0.520. The molecule has 2 unspecified atom stereocenters. The van der Waals surface area contributed by atoms with Gasteiger partial charge in [0.2, 0.25) is 11.8 Å². The Labute approximate surface area is 164 Å². The van der Waals surface area contributed by atoms with Gasteiger partial charge in [-0.1, -0.05) is 54.1 Å².